The van der Waals surface area contributed by atoms with E-state index in [9.17, 15) is 13.2 Å². The number of ether oxygens (including phenoxy) is 1. The molecule has 10 heteroatoms. The summed E-state index contributed by atoms with van der Waals surface area (Å²) in [6, 6.07) is 16.9. The van der Waals surface area contributed by atoms with Crippen LogP contribution in [-0.4, -0.2) is 38.8 Å². The number of halogens is 2. The average Bonchev–Trinajstić information content (AvgIpc) is 2.78. The van der Waals surface area contributed by atoms with Crippen LogP contribution >= 0.6 is 27.5 Å². The predicted octanol–water partition coefficient (Wildman–Crippen LogP) is 4.42. The topological polar surface area (TPSA) is 105 Å². The molecule has 3 rings (SSSR count). The number of hydrogen-bond acceptors (Lipinski definition) is 6. The monoisotopic (exact) mass is 566 g/mol. The number of sulfone groups is 1. The largest absolute Gasteiger partial charge is 0.489 e. The highest BCUT2D eigenvalue weighted by molar-refractivity contribution is 9.10. The molecule has 0 fully saturated rings. The van der Waals surface area contributed by atoms with Gasteiger partial charge in [0.05, 0.1) is 22.1 Å². The first-order valence-electron chi connectivity index (χ1n) is 10.3. The van der Waals surface area contributed by atoms with E-state index in [1.165, 1.54) is 18.2 Å². The molecule has 1 amide bonds. The molecule has 0 spiro atoms. The van der Waals surface area contributed by atoms with Gasteiger partial charge < -0.3 is 20.5 Å². The molecule has 7 nitrogen and oxygen atoms in total. The number of carbonyl (C=O) groups is 1. The first-order chi connectivity index (χ1) is 16.2. The fourth-order valence-corrected chi connectivity index (χ4v) is 4.52. The lowest BCUT2D eigenvalue weighted by atomic mass is 10.1. The van der Waals surface area contributed by atoms with E-state index in [1.807, 2.05) is 24.3 Å². The highest BCUT2D eigenvalue weighted by atomic mass is 79.9. The van der Waals surface area contributed by atoms with Crippen molar-refractivity contribution in [1.82, 2.24) is 5.32 Å². The number of rotatable bonds is 10. The Kier molecular flexibility index (Phi) is 9.10. The second kappa shape index (κ2) is 11.8. The Morgan fingerprint density at radius 1 is 1.12 bits per heavy atom. The molecular formula is C24H24BrClN2O5S. The van der Waals surface area contributed by atoms with Crippen LogP contribution in [0.4, 0.5) is 5.69 Å². The number of carbonyl (C=O) groups excluding carboxylic acids is 1. The molecule has 0 aliphatic carbocycles. The number of hydrogen-bond donors (Lipinski definition) is 3. The highest BCUT2D eigenvalue weighted by Gasteiger charge is 2.15. The maximum absolute atomic E-state index is 12.7. The summed E-state index contributed by atoms with van der Waals surface area (Å²) in [6.45, 7) is 1.36. The molecule has 0 saturated heterocycles. The van der Waals surface area contributed by atoms with Gasteiger partial charge in [-0.1, -0.05) is 39.7 Å². The van der Waals surface area contributed by atoms with Crippen LogP contribution < -0.4 is 15.4 Å². The molecule has 0 heterocycles. The molecule has 0 unspecified atom stereocenters. The quantitative estimate of drug-likeness (QED) is 0.313. The SMILES string of the molecule is CS(=O)(=O)c1ccc(C(=O)Nc2cccc(COc3ccc(Br)cc3CNCCO)c2)c(Cl)c1. The Morgan fingerprint density at radius 3 is 2.62 bits per heavy atom. The lowest BCUT2D eigenvalue weighted by Crippen LogP contribution is -2.18. The van der Waals surface area contributed by atoms with Crippen molar-refractivity contribution < 1.29 is 23.1 Å². The van der Waals surface area contributed by atoms with Gasteiger partial charge in [0, 0.05) is 35.1 Å². The molecule has 34 heavy (non-hydrogen) atoms. The van der Waals surface area contributed by atoms with Crippen LogP contribution in [0.25, 0.3) is 0 Å². The van der Waals surface area contributed by atoms with Crippen molar-refractivity contribution in [3.8, 4) is 5.75 Å². The summed E-state index contributed by atoms with van der Waals surface area (Å²) in [5, 5.41) is 14.9. The van der Waals surface area contributed by atoms with Gasteiger partial charge in [-0.2, -0.15) is 0 Å². The first kappa shape index (κ1) is 26.2. The van der Waals surface area contributed by atoms with Gasteiger partial charge in [-0.3, -0.25) is 4.79 Å². The zero-order chi connectivity index (χ0) is 24.7. The Balaban J connectivity index is 1.69. The lowest BCUT2D eigenvalue weighted by Gasteiger charge is -2.14. The molecule has 0 bridgehead atoms. The molecule has 180 valence electrons. The van der Waals surface area contributed by atoms with E-state index in [1.54, 1.807) is 18.2 Å². The van der Waals surface area contributed by atoms with Gasteiger partial charge in [0.2, 0.25) is 0 Å². The van der Waals surface area contributed by atoms with Crippen molar-refractivity contribution in [3.63, 3.8) is 0 Å². The third kappa shape index (κ3) is 7.28. The van der Waals surface area contributed by atoms with E-state index < -0.39 is 15.7 Å². The minimum Gasteiger partial charge on any atom is -0.489 e. The third-order valence-electron chi connectivity index (χ3n) is 4.82. The number of nitrogens with one attached hydrogen (secondary N) is 2. The molecule has 3 N–H and O–H groups in total. The van der Waals surface area contributed by atoms with Crippen LogP contribution in [-0.2, 0) is 23.0 Å². The smallest absolute Gasteiger partial charge is 0.257 e. The minimum atomic E-state index is -3.42. The van der Waals surface area contributed by atoms with E-state index in [0.29, 0.717) is 24.5 Å². The second-order valence-corrected chi connectivity index (χ2v) is 10.8. The minimum absolute atomic E-state index is 0.0482. The summed E-state index contributed by atoms with van der Waals surface area (Å²) in [5.41, 5.74) is 2.51. The molecule has 0 atom stereocenters. The van der Waals surface area contributed by atoms with Gasteiger partial charge in [-0.25, -0.2) is 8.42 Å². The van der Waals surface area contributed by atoms with Crippen LogP contribution in [0.2, 0.25) is 5.02 Å². The normalized spacial score (nSPS) is 11.3. The van der Waals surface area contributed by atoms with E-state index in [0.717, 1.165) is 21.9 Å². The van der Waals surface area contributed by atoms with Gasteiger partial charge in [0.15, 0.2) is 9.84 Å². The molecule has 0 radical (unpaired) electrons. The van der Waals surface area contributed by atoms with Crippen molar-refractivity contribution in [2.75, 3.05) is 24.7 Å². The Bertz CT molecular complexity index is 1280. The standard InChI is InChI=1S/C24H24BrClN2O5S/c1-34(31,32)20-6-7-21(22(26)13-20)24(30)28-19-4-2-3-16(11-19)15-33-23-8-5-18(25)12-17(23)14-27-9-10-29/h2-8,11-13,27,29H,9-10,14-15H2,1H3,(H,28,30). The predicted molar refractivity (Wildman–Crippen MR) is 136 cm³/mol. The molecule has 0 aliphatic rings. The third-order valence-corrected chi connectivity index (χ3v) is 6.74. The summed E-state index contributed by atoms with van der Waals surface area (Å²) >= 11 is 9.61. The average molecular weight is 568 g/mol. The first-order valence-corrected chi connectivity index (χ1v) is 13.4. The molecule has 0 aromatic heterocycles. The van der Waals surface area contributed by atoms with Crippen LogP contribution in [0.1, 0.15) is 21.5 Å². The van der Waals surface area contributed by atoms with Crippen molar-refractivity contribution >= 4 is 49.0 Å². The summed E-state index contributed by atoms with van der Waals surface area (Å²) in [7, 11) is -3.42. The fourth-order valence-electron chi connectivity index (χ4n) is 3.14. The number of anilines is 1. The Labute approximate surface area is 212 Å². The van der Waals surface area contributed by atoms with E-state index in [-0.39, 0.29) is 28.7 Å². The summed E-state index contributed by atoms with van der Waals surface area (Å²) in [4.78, 5) is 12.7. The number of aliphatic hydroxyl groups is 1. The molecule has 3 aromatic carbocycles. The molecule has 0 saturated carbocycles. The Hall–Kier alpha value is -2.43. The van der Waals surface area contributed by atoms with Gasteiger partial charge in [0.1, 0.15) is 12.4 Å². The summed E-state index contributed by atoms with van der Waals surface area (Å²) in [5.74, 6) is 0.258. The Morgan fingerprint density at radius 2 is 1.91 bits per heavy atom. The van der Waals surface area contributed by atoms with E-state index in [4.69, 9.17) is 21.4 Å². The second-order valence-electron chi connectivity index (χ2n) is 7.51. The maximum Gasteiger partial charge on any atom is 0.257 e. The summed E-state index contributed by atoms with van der Waals surface area (Å²) < 4.78 is 30.3. The molecule has 3 aromatic rings. The number of aliphatic hydroxyl groups excluding tert-OH is 1. The van der Waals surface area contributed by atoms with Crippen LogP contribution in [0.3, 0.4) is 0 Å². The van der Waals surface area contributed by atoms with Gasteiger partial charge >= 0.3 is 0 Å². The van der Waals surface area contributed by atoms with E-state index >= 15 is 0 Å². The van der Waals surface area contributed by atoms with Crippen molar-refractivity contribution in [1.29, 1.82) is 0 Å². The number of benzene rings is 3. The van der Waals surface area contributed by atoms with Crippen molar-refractivity contribution in [2.24, 2.45) is 0 Å². The number of amides is 1. The summed E-state index contributed by atoms with van der Waals surface area (Å²) in [6.07, 6.45) is 1.08. The van der Waals surface area contributed by atoms with Crippen LogP contribution in [0.5, 0.6) is 5.75 Å². The van der Waals surface area contributed by atoms with Crippen molar-refractivity contribution in [2.45, 2.75) is 18.0 Å². The van der Waals surface area contributed by atoms with E-state index in [2.05, 4.69) is 26.6 Å². The zero-order valence-corrected chi connectivity index (χ0v) is 21.5. The fraction of sp³-hybridized carbons (Fsp3) is 0.208. The highest BCUT2D eigenvalue weighted by Crippen LogP contribution is 2.25. The molecular weight excluding hydrogens is 544 g/mol. The van der Waals surface area contributed by atoms with Crippen LogP contribution in [0.15, 0.2) is 70.0 Å². The van der Waals surface area contributed by atoms with Crippen molar-refractivity contribution in [3.05, 3.63) is 86.8 Å². The lowest BCUT2D eigenvalue weighted by molar-refractivity contribution is 0.102. The maximum atomic E-state index is 12.7. The van der Waals surface area contributed by atoms with Gasteiger partial charge in [0.25, 0.3) is 5.91 Å². The van der Waals surface area contributed by atoms with Gasteiger partial charge in [-0.15, -0.1) is 0 Å². The molecule has 0 aliphatic heterocycles. The van der Waals surface area contributed by atoms with Crippen LogP contribution in [0, 0.1) is 0 Å². The zero-order valence-electron chi connectivity index (χ0n) is 18.3. The van der Waals surface area contributed by atoms with Gasteiger partial charge in [-0.05, 0) is 54.1 Å².